The van der Waals surface area contributed by atoms with Crippen molar-refractivity contribution in [1.82, 2.24) is 29.1 Å². The number of ether oxygens (including phenoxy) is 1. The second-order valence-electron chi connectivity index (χ2n) is 8.72. The number of aryl methyl sites for hydroxylation is 1. The molecule has 0 saturated heterocycles. The maximum absolute atomic E-state index is 13.8. The summed E-state index contributed by atoms with van der Waals surface area (Å²) in [5.41, 5.74) is 1.87. The number of benzene rings is 2. The Kier molecular flexibility index (Phi) is 4.80. The van der Waals surface area contributed by atoms with Crippen molar-refractivity contribution in [2.75, 3.05) is 0 Å². The van der Waals surface area contributed by atoms with Gasteiger partial charge in [-0.1, -0.05) is 12.1 Å². The van der Waals surface area contributed by atoms with Gasteiger partial charge >= 0.3 is 12.3 Å². The molecule has 0 atom stereocenters. The Morgan fingerprint density at radius 3 is 2.60 bits per heavy atom. The van der Waals surface area contributed by atoms with Crippen molar-refractivity contribution in [2.45, 2.75) is 26.0 Å². The minimum Gasteiger partial charge on any atom is -0.435 e. The van der Waals surface area contributed by atoms with E-state index < -0.39 is 12.2 Å². The molecule has 1 N–H and O–H groups in total. The number of H-pyrrole nitrogens is 1. The van der Waals surface area contributed by atoms with Gasteiger partial charge in [0.15, 0.2) is 5.65 Å². The first-order valence-corrected chi connectivity index (χ1v) is 11.1. The Morgan fingerprint density at radius 2 is 1.89 bits per heavy atom. The zero-order valence-corrected chi connectivity index (χ0v) is 18.6. The van der Waals surface area contributed by atoms with Gasteiger partial charge in [-0.05, 0) is 54.7 Å². The molecule has 6 rings (SSSR count). The Balaban J connectivity index is 1.59. The third kappa shape index (κ3) is 3.78. The minimum atomic E-state index is -2.96. The zero-order valence-electron chi connectivity index (χ0n) is 18.6. The molecule has 1 fully saturated rings. The molecule has 0 amide bonds. The predicted molar refractivity (Wildman–Crippen MR) is 125 cm³/mol. The maximum atomic E-state index is 13.8. The molecule has 1 aliphatic carbocycles. The lowest BCUT2D eigenvalue weighted by Crippen LogP contribution is -2.24. The number of fused-ring (bicyclic) bond motifs is 2. The van der Waals surface area contributed by atoms with Crippen LogP contribution in [0, 0.1) is 5.92 Å². The third-order valence-corrected chi connectivity index (χ3v) is 6.16. The number of hydrogen-bond donors (Lipinski definition) is 1. The summed E-state index contributed by atoms with van der Waals surface area (Å²) in [4.78, 5) is 29.5. The van der Waals surface area contributed by atoms with Gasteiger partial charge in [0.2, 0.25) is 0 Å². The van der Waals surface area contributed by atoms with Crippen molar-refractivity contribution in [2.24, 2.45) is 13.0 Å². The second kappa shape index (κ2) is 7.90. The van der Waals surface area contributed by atoms with Crippen molar-refractivity contribution in [3.63, 3.8) is 0 Å². The van der Waals surface area contributed by atoms with Crippen LogP contribution in [-0.2, 0) is 13.6 Å². The summed E-state index contributed by atoms with van der Waals surface area (Å²) in [5.74, 6) is 0.345. The molecule has 11 heteroatoms. The molecular formula is C24H20F2N6O3. The van der Waals surface area contributed by atoms with E-state index in [0.717, 1.165) is 23.7 Å². The van der Waals surface area contributed by atoms with Crippen LogP contribution in [0.1, 0.15) is 12.8 Å². The van der Waals surface area contributed by atoms with Crippen molar-refractivity contribution in [3.05, 3.63) is 69.5 Å². The smallest absolute Gasteiger partial charge is 0.387 e. The Morgan fingerprint density at radius 1 is 1.11 bits per heavy atom. The van der Waals surface area contributed by atoms with Gasteiger partial charge in [-0.25, -0.2) is 4.79 Å². The number of imidazole rings is 1. The van der Waals surface area contributed by atoms with Crippen LogP contribution in [0.15, 0.2) is 58.3 Å². The highest BCUT2D eigenvalue weighted by Crippen LogP contribution is 2.33. The highest BCUT2D eigenvalue weighted by Gasteiger charge is 2.27. The summed E-state index contributed by atoms with van der Waals surface area (Å²) < 4.78 is 34.2. The van der Waals surface area contributed by atoms with Gasteiger partial charge in [0.25, 0.3) is 5.56 Å². The lowest BCUT2D eigenvalue weighted by atomic mass is 10.1. The molecule has 0 unspecified atom stereocenters. The minimum absolute atomic E-state index is 0.0270. The van der Waals surface area contributed by atoms with E-state index in [1.54, 1.807) is 27.4 Å². The largest absolute Gasteiger partial charge is 0.435 e. The van der Waals surface area contributed by atoms with Crippen molar-refractivity contribution < 1.29 is 13.5 Å². The lowest BCUT2D eigenvalue weighted by molar-refractivity contribution is -0.0498. The van der Waals surface area contributed by atoms with Crippen LogP contribution < -0.4 is 16.0 Å². The molecule has 35 heavy (non-hydrogen) atoms. The number of rotatable bonds is 6. The summed E-state index contributed by atoms with van der Waals surface area (Å²) in [6.07, 6.45) is 3.87. The van der Waals surface area contributed by atoms with Gasteiger partial charge in [-0.15, -0.1) is 5.10 Å². The molecule has 1 saturated carbocycles. The molecule has 5 aromatic rings. The van der Waals surface area contributed by atoms with Crippen LogP contribution in [0.2, 0.25) is 0 Å². The van der Waals surface area contributed by atoms with E-state index in [0.29, 0.717) is 29.2 Å². The van der Waals surface area contributed by atoms with Crippen molar-refractivity contribution >= 4 is 22.1 Å². The van der Waals surface area contributed by atoms with Crippen LogP contribution >= 0.6 is 0 Å². The third-order valence-electron chi connectivity index (χ3n) is 6.16. The highest BCUT2D eigenvalue weighted by molar-refractivity contribution is 5.90. The molecule has 0 radical (unpaired) electrons. The standard InChI is InChI=1S/C24H20F2N6O3/c1-30-12-15-10-16(6-9-18(15)28-30)32-22(33)19(14-4-7-17(8-5-14)35-23(25)26)20-21(29-32)27-24(34)31(20)11-13-2-3-13/h4-10,12-13,23H,2-3,11H2,1H3,(H,27,29,34). The summed E-state index contributed by atoms with van der Waals surface area (Å²) in [7, 11) is 1.81. The fraction of sp³-hybridized carbons (Fsp3) is 0.250. The Bertz CT molecular complexity index is 1690. The molecule has 178 valence electrons. The lowest BCUT2D eigenvalue weighted by Gasteiger charge is -2.12. The van der Waals surface area contributed by atoms with E-state index in [2.05, 4.69) is 19.9 Å². The van der Waals surface area contributed by atoms with Gasteiger partial charge in [0.05, 0.1) is 16.8 Å². The number of halogens is 2. The molecule has 9 nitrogen and oxygen atoms in total. The Labute approximate surface area is 196 Å². The fourth-order valence-electron chi connectivity index (χ4n) is 4.37. The number of hydrogen-bond acceptors (Lipinski definition) is 5. The first-order chi connectivity index (χ1) is 16.9. The summed E-state index contributed by atoms with van der Waals surface area (Å²) in [6, 6.07) is 11.1. The molecule has 0 aliphatic heterocycles. The number of aromatic nitrogens is 6. The quantitative estimate of drug-likeness (QED) is 0.403. The topological polar surface area (TPSA) is 99.7 Å². The van der Waals surface area contributed by atoms with E-state index in [9.17, 15) is 18.4 Å². The number of nitrogens with one attached hydrogen (secondary N) is 1. The normalized spacial score (nSPS) is 13.8. The van der Waals surface area contributed by atoms with E-state index in [1.165, 1.54) is 28.9 Å². The van der Waals surface area contributed by atoms with Crippen LogP contribution in [-0.4, -0.2) is 35.7 Å². The van der Waals surface area contributed by atoms with Gasteiger partial charge in [0.1, 0.15) is 11.3 Å². The van der Waals surface area contributed by atoms with Gasteiger partial charge in [-0.3, -0.25) is 19.0 Å². The number of nitrogens with zero attached hydrogens (tertiary/aromatic N) is 5. The average Bonchev–Trinajstić information content (AvgIpc) is 3.48. The van der Waals surface area contributed by atoms with E-state index in [-0.39, 0.29) is 22.6 Å². The average molecular weight is 478 g/mol. The van der Waals surface area contributed by atoms with Crippen molar-refractivity contribution in [3.8, 4) is 22.6 Å². The molecule has 3 heterocycles. The number of aromatic amines is 1. The van der Waals surface area contributed by atoms with Crippen LogP contribution in [0.3, 0.4) is 0 Å². The van der Waals surface area contributed by atoms with Gasteiger partial charge in [0, 0.05) is 25.2 Å². The summed E-state index contributed by atoms with van der Waals surface area (Å²) in [6.45, 7) is -2.48. The first-order valence-electron chi connectivity index (χ1n) is 11.1. The SMILES string of the molecule is Cn1cc2cc(-n3nc4[nH]c(=O)n(CC5CC5)c4c(-c4ccc(OC(F)F)cc4)c3=O)ccc2n1. The molecule has 0 spiro atoms. The van der Waals surface area contributed by atoms with Crippen LogP contribution in [0.25, 0.3) is 38.9 Å². The van der Waals surface area contributed by atoms with E-state index >= 15 is 0 Å². The van der Waals surface area contributed by atoms with E-state index in [1.807, 2.05) is 13.2 Å². The predicted octanol–water partition coefficient (Wildman–Crippen LogP) is 3.44. The second-order valence-corrected chi connectivity index (χ2v) is 8.72. The van der Waals surface area contributed by atoms with Gasteiger partial charge < -0.3 is 4.74 Å². The van der Waals surface area contributed by atoms with Crippen LogP contribution in [0.5, 0.6) is 5.75 Å². The molecule has 3 aromatic heterocycles. The molecular weight excluding hydrogens is 458 g/mol. The first kappa shape index (κ1) is 21.3. The Hall–Kier alpha value is -4.28. The number of alkyl halides is 2. The van der Waals surface area contributed by atoms with E-state index in [4.69, 9.17) is 0 Å². The zero-order chi connectivity index (χ0) is 24.3. The summed E-state index contributed by atoms with van der Waals surface area (Å²) >= 11 is 0. The molecule has 1 aliphatic rings. The molecule has 2 aromatic carbocycles. The van der Waals surface area contributed by atoms with Gasteiger partial charge in [-0.2, -0.15) is 18.6 Å². The summed E-state index contributed by atoms with van der Waals surface area (Å²) in [5, 5.41) is 9.67. The highest BCUT2D eigenvalue weighted by atomic mass is 19.3. The molecule has 0 bridgehead atoms. The fourth-order valence-corrected chi connectivity index (χ4v) is 4.37. The van der Waals surface area contributed by atoms with Crippen LogP contribution in [0.4, 0.5) is 8.78 Å². The monoisotopic (exact) mass is 478 g/mol. The van der Waals surface area contributed by atoms with Crippen molar-refractivity contribution in [1.29, 1.82) is 0 Å². The maximum Gasteiger partial charge on any atom is 0.387 e.